The second-order valence-electron chi connectivity index (χ2n) is 10.2. The Morgan fingerprint density at radius 3 is 2.18 bits per heavy atom. The molecule has 0 spiro atoms. The van der Waals surface area contributed by atoms with Gasteiger partial charge in [-0.25, -0.2) is 13.2 Å². The van der Waals surface area contributed by atoms with Crippen LogP contribution in [0.2, 0.25) is 0 Å². The molecule has 3 N–H and O–H groups in total. The van der Waals surface area contributed by atoms with Gasteiger partial charge in [-0.2, -0.15) is 12.6 Å². The van der Waals surface area contributed by atoms with Crippen LogP contribution in [0.4, 0.5) is 4.79 Å². The van der Waals surface area contributed by atoms with Crippen LogP contribution in [0.1, 0.15) is 32.3 Å². The Hall–Kier alpha value is -2.56. The van der Waals surface area contributed by atoms with Gasteiger partial charge in [0.2, 0.25) is 5.91 Å². The van der Waals surface area contributed by atoms with E-state index in [9.17, 15) is 18.0 Å². The van der Waals surface area contributed by atoms with Gasteiger partial charge in [-0.3, -0.25) is 4.79 Å². The van der Waals surface area contributed by atoms with Crippen molar-refractivity contribution in [3.05, 3.63) is 66.2 Å². The average Bonchev–Trinajstić information content (AvgIpc) is 2.91. The fraction of sp³-hybridized carbons (Fsp3) is 0.500. The van der Waals surface area contributed by atoms with E-state index in [-0.39, 0.29) is 28.5 Å². The number of urea groups is 1. The summed E-state index contributed by atoms with van der Waals surface area (Å²) < 4.78 is 26.2. The van der Waals surface area contributed by atoms with Gasteiger partial charge < -0.3 is 20.9 Å². The van der Waals surface area contributed by atoms with Crippen LogP contribution in [-0.2, 0) is 21.1 Å². The van der Waals surface area contributed by atoms with Gasteiger partial charge in [-0.05, 0) is 42.9 Å². The molecule has 38 heavy (non-hydrogen) atoms. The van der Waals surface area contributed by atoms with Crippen molar-refractivity contribution in [3.8, 4) is 0 Å². The first-order valence-corrected chi connectivity index (χ1v) is 15.4. The van der Waals surface area contributed by atoms with Gasteiger partial charge in [-0.1, -0.05) is 62.4 Å². The fourth-order valence-electron chi connectivity index (χ4n) is 4.49. The van der Waals surface area contributed by atoms with E-state index in [0.29, 0.717) is 45.4 Å². The van der Waals surface area contributed by atoms with Crippen molar-refractivity contribution >= 4 is 34.4 Å². The molecule has 0 saturated carbocycles. The van der Waals surface area contributed by atoms with Crippen molar-refractivity contribution in [2.24, 2.45) is 5.92 Å². The SMILES string of the molecule is CC(C)C[C@H](NC(=O)N1CCNCC1)C(=O)N[C@@H](CCc1ccccc1)[C@H](S)CS(=O)(=O)c1ccccc1. The summed E-state index contributed by atoms with van der Waals surface area (Å²) in [4.78, 5) is 28.3. The first-order chi connectivity index (χ1) is 18.2. The van der Waals surface area contributed by atoms with Crippen molar-refractivity contribution in [3.63, 3.8) is 0 Å². The summed E-state index contributed by atoms with van der Waals surface area (Å²) in [6.07, 6.45) is 1.62. The number of aryl methyl sites for hydroxylation is 1. The second-order valence-corrected chi connectivity index (χ2v) is 12.9. The van der Waals surface area contributed by atoms with E-state index in [2.05, 4.69) is 28.6 Å². The Balaban J connectivity index is 1.75. The lowest BCUT2D eigenvalue weighted by Crippen LogP contribution is -2.57. The lowest BCUT2D eigenvalue weighted by atomic mass is 10.0. The van der Waals surface area contributed by atoms with Gasteiger partial charge in [0, 0.05) is 37.5 Å². The third-order valence-corrected chi connectivity index (χ3v) is 9.17. The van der Waals surface area contributed by atoms with E-state index in [1.54, 1.807) is 35.2 Å². The van der Waals surface area contributed by atoms with Crippen LogP contribution < -0.4 is 16.0 Å². The lowest BCUT2D eigenvalue weighted by Gasteiger charge is -2.31. The first kappa shape index (κ1) is 30.0. The molecule has 3 atom stereocenters. The Kier molecular flexibility index (Phi) is 11.5. The van der Waals surface area contributed by atoms with Crippen molar-refractivity contribution < 1.29 is 18.0 Å². The maximum Gasteiger partial charge on any atom is 0.318 e. The summed E-state index contributed by atoms with van der Waals surface area (Å²) in [6.45, 7) is 6.59. The van der Waals surface area contributed by atoms with Crippen LogP contribution in [0.25, 0.3) is 0 Å². The Bertz CT molecular complexity index is 1120. The highest BCUT2D eigenvalue weighted by Gasteiger charge is 2.31. The van der Waals surface area contributed by atoms with Crippen LogP contribution >= 0.6 is 12.6 Å². The van der Waals surface area contributed by atoms with Gasteiger partial charge in [-0.15, -0.1) is 0 Å². The molecule has 0 aromatic heterocycles. The number of thiol groups is 1. The van der Waals surface area contributed by atoms with Gasteiger partial charge in [0.05, 0.1) is 10.6 Å². The predicted octanol–water partition coefficient (Wildman–Crippen LogP) is 2.91. The standard InChI is InChI=1S/C28H40N4O4S2/c1-21(2)19-25(31-28(34)32-17-15-29-16-18-32)27(33)30-24(14-13-22-9-5-3-6-10-22)26(37)20-38(35,36)23-11-7-4-8-12-23/h3-12,21,24-26,29,37H,13-20H2,1-2H3,(H,30,33)(H,31,34)/t24-,25-,26+/m0/s1. The summed E-state index contributed by atoms with van der Waals surface area (Å²) >= 11 is 4.68. The minimum absolute atomic E-state index is 0.169. The number of sulfone groups is 1. The minimum Gasteiger partial charge on any atom is -0.350 e. The number of piperazine rings is 1. The van der Waals surface area contributed by atoms with Crippen molar-refractivity contribution in [1.82, 2.24) is 20.9 Å². The first-order valence-electron chi connectivity index (χ1n) is 13.2. The molecule has 1 aliphatic rings. The molecule has 0 radical (unpaired) electrons. The zero-order valence-electron chi connectivity index (χ0n) is 22.2. The molecule has 1 heterocycles. The molecule has 0 aliphatic carbocycles. The summed E-state index contributed by atoms with van der Waals surface area (Å²) in [6, 6.07) is 16.6. The van der Waals surface area contributed by atoms with E-state index in [1.165, 1.54) is 0 Å². The predicted molar refractivity (Wildman–Crippen MR) is 154 cm³/mol. The largest absolute Gasteiger partial charge is 0.350 e. The van der Waals surface area contributed by atoms with Crippen LogP contribution in [-0.4, -0.2) is 74.5 Å². The number of carbonyl (C=O) groups is 2. The minimum atomic E-state index is -3.61. The number of rotatable bonds is 12. The quantitative estimate of drug-likeness (QED) is 0.299. The zero-order valence-corrected chi connectivity index (χ0v) is 23.9. The molecule has 2 aromatic carbocycles. The fourth-order valence-corrected chi connectivity index (χ4v) is 6.75. The highest BCUT2D eigenvalue weighted by atomic mass is 32.2. The summed E-state index contributed by atoms with van der Waals surface area (Å²) in [7, 11) is -3.61. The monoisotopic (exact) mass is 560 g/mol. The second kappa shape index (κ2) is 14.6. The maximum absolute atomic E-state index is 13.5. The Morgan fingerprint density at radius 2 is 1.58 bits per heavy atom. The van der Waals surface area contributed by atoms with E-state index in [0.717, 1.165) is 5.56 Å². The normalized spacial score (nSPS) is 16.5. The van der Waals surface area contributed by atoms with Gasteiger partial charge >= 0.3 is 6.03 Å². The zero-order chi connectivity index (χ0) is 27.5. The lowest BCUT2D eigenvalue weighted by molar-refractivity contribution is -0.124. The summed E-state index contributed by atoms with van der Waals surface area (Å²) in [5, 5.41) is 8.54. The van der Waals surface area contributed by atoms with Gasteiger partial charge in [0.25, 0.3) is 0 Å². The number of amides is 3. The Labute approximate surface area is 232 Å². The van der Waals surface area contributed by atoms with E-state index < -0.39 is 27.2 Å². The number of carbonyl (C=O) groups excluding carboxylic acids is 2. The molecule has 10 heteroatoms. The number of benzene rings is 2. The molecule has 1 saturated heterocycles. The number of nitrogens with one attached hydrogen (secondary N) is 3. The molecule has 2 aromatic rings. The highest BCUT2D eigenvalue weighted by Crippen LogP contribution is 2.19. The van der Waals surface area contributed by atoms with Crippen molar-refractivity contribution in [2.45, 2.75) is 55.3 Å². The highest BCUT2D eigenvalue weighted by molar-refractivity contribution is 7.92. The Morgan fingerprint density at radius 1 is 0.974 bits per heavy atom. The topological polar surface area (TPSA) is 108 Å². The number of nitrogens with zero attached hydrogens (tertiary/aromatic N) is 1. The number of hydrogen-bond acceptors (Lipinski definition) is 6. The van der Waals surface area contributed by atoms with Crippen molar-refractivity contribution in [1.29, 1.82) is 0 Å². The third kappa shape index (κ3) is 9.32. The molecule has 1 fully saturated rings. The molecule has 3 rings (SSSR count). The molecule has 1 aliphatic heterocycles. The molecule has 0 unspecified atom stereocenters. The van der Waals surface area contributed by atoms with Crippen LogP contribution in [0.5, 0.6) is 0 Å². The van der Waals surface area contributed by atoms with Crippen molar-refractivity contribution in [2.75, 3.05) is 31.9 Å². The molecule has 208 valence electrons. The molecule has 3 amide bonds. The third-order valence-electron chi connectivity index (χ3n) is 6.60. The van der Waals surface area contributed by atoms with Crippen LogP contribution in [0.15, 0.2) is 65.6 Å². The van der Waals surface area contributed by atoms with E-state index >= 15 is 0 Å². The molecular weight excluding hydrogens is 520 g/mol. The summed E-state index contributed by atoms with van der Waals surface area (Å²) in [5.74, 6) is -0.375. The van der Waals surface area contributed by atoms with Gasteiger partial charge in [0.15, 0.2) is 9.84 Å². The summed E-state index contributed by atoms with van der Waals surface area (Å²) in [5.41, 5.74) is 1.09. The van der Waals surface area contributed by atoms with E-state index in [4.69, 9.17) is 0 Å². The molecule has 0 bridgehead atoms. The smallest absolute Gasteiger partial charge is 0.318 e. The van der Waals surface area contributed by atoms with Crippen LogP contribution in [0.3, 0.4) is 0 Å². The van der Waals surface area contributed by atoms with Gasteiger partial charge in [0.1, 0.15) is 6.04 Å². The molecular formula is C28H40N4O4S2. The average molecular weight is 561 g/mol. The number of hydrogen-bond donors (Lipinski definition) is 4. The maximum atomic E-state index is 13.5. The molecule has 8 nitrogen and oxygen atoms in total. The van der Waals surface area contributed by atoms with Crippen LogP contribution in [0, 0.1) is 5.92 Å². The van der Waals surface area contributed by atoms with E-state index in [1.807, 2.05) is 44.2 Å².